The van der Waals surface area contributed by atoms with Gasteiger partial charge >= 0.3 is 0 Å². The summed E-state index contributed by atoms with van der Waals surface area (Å²) in [5, 5.41) is 11.7. The molecule has 1 aliphatic rings. The van der Waals surface area contributed by atoms with Crippen LogP contribution in [0.25, 0.3) is 11.1 Å². The molecule has 77 heavy (non-hydrogen) atoms. The van der Waals surface area contributed by atoms with Crippen LogP contribution in [-0.2, 0) is 43.4 Å². The number of halogens is 2. The van der Waals surface area contributed by atoms with Crippen LogP contribution in [0, 0.1) is 0 Å². The summed E-state index contributed by atoms with van der Waals surface area (Å²) >= 11 is 7.35. The number of amides is 4. The van der Waals surface area contributed by atoms with Crippen molar-refractivity contribution in [2.75, 3.05) is 148 Å². The molecule has 0 fully saturated rings. The Morgan fingerprint density at radius 3 is 1.01 bits per heavy atom. The Balaban J connectivity index is 1.23. The summed E-state index contributed by atoms with van der Waals surface area (Å²) in [4.78, 5) is 54.6. The number of rotatable bonds is 38. The molecule has 0 unspecified atom stereocenters. The highest BCUT2D eigenvalue weighted by molar-refractivity contribution is 9.10. The minimum atomic E-state index is -0.730. The first kappa shape index (κ1) is 62.1. The average Bonchev–Trinajstić information content (AvgIpc) is 3.93. The summed E-state index contributed by atoms with van der Waals surface area (Å²) in [6.07, 6.45) is 0.991. The standard InChI is InChI=1S/C55H72Br2N4O16/c1-66-19-25-72-45-31-37(32-46(73-26-20-67-2)51(45)76-29-23-70-5)53(64)60-17-15-58-49(62)11-13-55(43-35-39(56)7-9-41(43)42-10-8-40(57)36-44(42)55)14-12-50(63)59-16-18-61-54(65)38-33-47(74-27-21-68-3)52(77-30-24-71-6)48(34-38)75-28-22-69-4/h7-10,31-36H,11-30H2,1-6H3,(H,58,62)(H,59,63)(H,60,64)(H,61,65). The number of hydrogen-bond donors (Lipinski definition) is 4. The number of methoxy groups -OCH3 is 6. The van der Waals surface area contributed by atoms with Gasteiger partial charge in [0.1, 0.15) is 39.6 Å². The number of fused-ring (bicyclic) bond motifs is 3. The Hall–Kier alpha value is -5.72. The molecule has 0 saturated heterocycles. The van der Waals surface area contributed by atoms with E-state index in [2.05, 4.69) is 77.4 Å². The van der Waals surface area contributed by atoms with E-state index in [1.54, 1.807) is 66.9 Å². The first-order valence-electron chi connectivity index (χ1n) is 25.2. The van der Waals surface area contributed by atoms with Crippen LogP contribution in [0.2, 0.25) is 0 Å². The van der Waals surface area contributed by atoms with E-state index >= 15 is 0 Å². The third-order valence-electron chi connectivity index (χ3n) is 12.1. The van der Waals surface area contributed by atoms with Gasteiger partial charge in [-0.2, -0.15) is 0 Å². The normalized spacial score (nSPS) is 12.0. The molecule has 0 heterocycles. The third-order valence-corrected chi connectivity index (χ3v) is 13.1. The van der Waals surface area contributed by atoms with E-state index in [1.165, 1.54) is 0 Å². The lowest BCUT2D eigenvalue weighted by molar-refractivity contribution is -0.121. The van der Waals surface area contributed by atoms with E-state index in [0.717, 1.165) is 31.2 Å². The van der Waals surface area contributed by atoms with Crippen molar-refractivity contribution in [3.05, 3.63) is 91.9 Å². The second-order valence-corrected chi connectivity index (χ2v) is 19.2. The van der Waals surface area contributed by atoms with Crippen LogP contribution in [0.1, 0.15) is 57.5 Å². The highest BCUT2D eigenvalue weighted by atomic mass is 79.9. The highest BCUT2D eigenvalue weighted by Crippen LogP contribution is 2.55. The van der Waals surface area contributed by atoms with Gasteiger partial charge in [0.05, 0.1) is 39.6 Å². The molecule has 4 aromatic carbocycles. The molecule has 4 N–H and O–H groups in total. The van der Waals surface area contributed by atoms with E-state index in [4.69, 9.17) is 56.8 Å². The SMILES string of the molecule is COCCOc1cc(C(=O)NCCNC(=O)CCC2(CCC(=O)NCCNC(=O)c3cc(OCCOC)c(OCCOC)c(OCCOC)c3)c3cc(Br)ccc3-c3ccc(Br)cc32)cc(OCCOC)c1OCCOC. The molecule has 22 heteroatoms. The maximum absolute atomic E-state index is 13.7. The zero-order valence-electron chi connectivity index (χ0n) is 44.7. The van der Waals surface area contributed by atoms with Gasteiger partial charge in [-0.25, -0.2) is 0 Å². The molecule has 4 amide bonds. The molecule has 0 atom stereocenters. The van der Waals surface area contributed by atoms with Crippen LogP contribution in [0.5, 0.6) is 34.5 Å². The first-order valence-corrected chi connectivity index (χ1v) is 26.8. The largest absolute Gasteiger partial charge is 0.487 e. The van der Waals surface area contributed by atoms with Gasteiger partial charge in [0, 0.05) is 107 Å². The number of carbonyl (C=O) groups excluding carboxylic acids is 4. The fourth-order valence-corrected chi connectivity index (χ4v) is 9.14. The Morgan fingerprint density at radius 2 is 0.701 bits per heavy atom. The second kappa shape index (κ2) is 33.5. The predicted molar refractivity (Wildman–Crippen MR) is 294 cm³/mol. The number of benzene rings is 4. The molecule has 0 spiro atoms. The van der Waals surface area contributed by atoms with Gasteiger partial charge < -0.3 is 78.1 Å². The molecule has 0 bridgehead atoms. The Kier molecular flexibility index (Phi) is 27.1. The minimum absolute atomic E-state index is 0.118. The summed E-state index contributed by atoms with van der Waals surface area (Å²) in [6.45, 7) is 3.58. The quantitative estimate of drug-likeness (QED) is 0.0362. The van der Waals surface area contributed by atoms with Crippen LogP contribution in [0.15, 0.2) is 69.6 Å². The molecular weight excluding hydrogens is 1130 g/mol. The van der Waals surface area contributed by atoms with E-state index in [1.807, 2.05) is 12.1 Å². The van der Waals surface area contributed by atoms with Gasteiger partial charge in [0.15, 0.2) is 23.0 Å². The third kappa shape index (κ3) is 18.7. The lowest BCUT2D eigenvalue weighted by Gasteiger charge is -2.32. The summed E-state index contributed by atoms with van der Waals surface area (Å²) in [5.74, 6) is 0.495. The van der Waals surface area contributed by atoms with Crippen molar-refractivity contribution in [1.82, 2.24) is 21.3 Å². The molecule has 0 saturated carbocycles. The topological polar surface area (TPSA) is 227 Å². The first-order chi connectivity index (χ1) is 37.4. The van der Waals surface area contributed by atoms with Crippen LogP contribution >= 0.6 is 31.9 Å². The van der Waals surface area contributed by atoms with Crippen molar-refractivity contribution in [1.29, 1.82) is 0 Å². The smallest absolute Gasteiger partial charge is 0.251 e. The Bertz CT molecular complexity index is 2300. The fraction of sp³-hybridized carbons (Fsp3) is 0.491. The zero-order valence-corrected chi connectivity index (χ0v) is 47.9. The predicted octanol–water partition coefficient (Wildman–Crippen LogP) is 6.28. The van der Waals surface area contributed by atoms with Gasteiger partial charge in [-0.3, -0.25) is 19.2 Å². The minimum Gasteiger partial charge on any atom is -0.487 e. The summed E-state index contributed by atoms with van der Waals surface area (Å²) in [5.41, 5.74) is 3.81. The van der Waals surface area contributed by atoms with Crippen LogP contribution < -0.4 is 49.7 Å². The molecule has 4 aromatic rings. The monoisotopic (exact) mass is 1200 g/mol. The van der Waals surface area contributed by atoms with Gasteiger partial charge in [0.25, 0.3) is 11.8 Å². The van der Waals surface area contributed by atoms with E-state index in [9.17, 15) is 19.2 Å². The summed E-state index contributed by atoms with van der Waals surface area (Å²) in [7, 11) is 9.35. The van der Waals surface area contributed by atoms with Crippen molar-refractivity contribution >= 4 is 55.5 Å². The molecule has 0 radical (unpaired) electrons. The highest BCUT2D eigenvalue weighted by Gasteiger charge is 2.43. The van der Waals surface area contributed by atoms with Gasteiger partial charge in [-0.15, -0.1) is 0 Å². The second-order valence-electron chi connectivity index (χ2n) is 17.3. The van der Waals surface area contributed by atoms with Gasteiger partial charge in [-0.1, -0.05) is 44.0 Å². The van der Waals surface area contributed by atoms with Crippen molar-refractivity contribution in [3.63, 3.8) is 0 Å². The number of hydrogen-bond acceptors (Lipinski definition) is 16. The average molecular weight is 1210 g/mol. The van der Waals surface area contributed by atoms with Crippen LogP contribution in [-0.4, -0.2) is 172 Å². The van der Waals surface area contributed by atoms with Crippen LogP contribution in [0.3, 0.4) is 0 Å². The number of ether oxygens (including phenoxy) is 12. The molecule has 5 rings (SSSR count). The lowest BCUT2D eigenvalue weighted by atomic mass is 9.71. The number of carbonyl (C=O) groups is 4. The molecule has 0 aromatic heterocycles. The van der Waals surface area contributed by atoms with Crippen molar-refractivity contribution < 1.29 is 76.0 Å². The molecule has 0 aliphatic heterocycles. The Morgan fingerprint density at radius 1 is 0.403 bits per heavy atom. The lowest BCUT2D eigenvalue weighted by Crippen LogP contribution is -2.37. The van der Waals surface area contributed by atoms with E-state index in [0.29, 0.717) is 87.0 Å². The number of nitrogens with one attached hydrogen (secondary N) is 4. The maximum Gasteiger partial charge on any atom is 0.251 e. The van der Waals surface area contributed by atoms with E-state index < -0.39 is 17.2 Å². The van der Waals surface area contributed by atoms with Gasteiger partial charge in [0.2, 0.25) is 23.3 Å². The fourth-order valence-electron chi connectivity index (χ4n) is 8.42. The van der Waals surface area contributed by atoms with Crippen LogP contribution in [0.4, 0.5) is 0 Å². The summed E-state index contributed by atoms with van der Waals surface area (Å²) in [6, 6.07) is 18.5. The Labute approximate surface area is 467 Å². The maximum atomic E-state index is 13.7. The molecule has 422 valence electrons. The van der Waals surface area contributed by atoms with Crippen molar-refractivity contribution in [2.45, 2.75) is 31.1 Å². The molecule has 20 nitrogen and oxygen atoms in total. The van der Waals surface area contributed by atoms with Gasteiger partial charge in [-0.05, 0) is 83.6 Å². The molecule has 1 aliphatic carbocycles. The van der Waals surface area contributed by atoms with E-state index in [-0.39, 0.29) is 102 Å². The van der Waals surface area contributed by atoms with Crippen molar-refractivity contribution in [2.24, 2.45) is 0 Å². The van der Waals surface area contributed by atoms with Crippen molar-refractivity contribution in [3.8, 4) is 45.6 Å². The summed E-state index contributed by atoms with van der Waals surface area (Å²) < 4.78 is 68.4. The zero-order chi connectivity index (χ0) is 55.4. The molecular formula is C55H72Br2N4O16.